The number of halogens is 1. The third-order valence-corrected chi connectivity index (χ3v) is 4.86. The number of ether oxygens (including phenoxy) is 1. The van der Waals surface area contributed by atoms with Crippen molar-refractivity contribution in [3.8, 4) is 17.0 Å². The maximum atomic E-state index is 10.9. The van der Waals surface area contributed by atoms with Gasteiger partial charge in [0.1, 0.15) is 5.75 Å². The van der Waals surface area contributed by atoms with Crippen molar-refractivity contribution in [1.82, 2.24) is 4.98 Å². The summed E-state index contributed by atoms with van der Waals surface area (Å²) in [6, 6.07) is 3.53. The molecule has 0 radical (unpaired) electrons. The second-order valence-electron chi connectivity index (χ2n) is 4.14. The number of benzene rings is 1. The molecule has 0 aliphatic heterocycles. The molecule has 1 aliphatic rings. The van der Waals surface area contributed by atoms with Gasteiger partial charge in [-0.05, 0) is 17.7 Å². The van der Waals surface area contributed by atoms with E-state index < -0.39 is 13.9 Å². The quantitative estimate of drug-likeness (QED) is 0.701. The Bertz CT molecular complexity index is 696. The Hall–Kier alpha value is -0.720. The number of aromatic nitrogens is 1. The van der Waals surface area contributed by atoms with Crippen LogP contribution in [0.15, 0.2) is 22.1 Å². The molecule has 0 unspecified atom stereocenters. The predicted octanol–water partition coefficient (Wildman–Crippen LogP) is 2.99. The Morgan fingerprint density at radius 2 is 2.26 bits per heavy atom. The van der Waals surface area contributed by atoms with Crippen LogP contribution in [0.3, 0.4) is 0 Å². The van der Waals surface area contributed by atoms with Gasteiger partial charge in [-0.3, -0.25) is 4.57 Å². The molecule has 2 N–H and O–H groups in total. The van der Waals surface area contributed by atoms with Gasteiger partial charge in [0.2, 0.25) is 0 Å². The summed E-state index contributed by atoms with van der Waals surface area (Å²) in [6.07, 6.45) is 0.142. The number of fused-ring (bicyclic) bond motifs is 3. The van der Waals surface area contributed by atoms with Crippen molar-refractivity contribution < 1.29 is 19.1 Å². The molecule has 1 aromatic heterocycles. The highest BCUT2D eigenvalue weighted by Crippen LogP contribution is 2.47. The molecule has 0 saturated heterocycles. The van der Waals surface area contributed by atoms with E-state index in [1.165, 1.54) is 0 Å². The lowest BCUT2D eigenvalue weighted by molar-refractivity contribution is 0.301. The smallest absolute Gasteiger partial charge is 0.362 e. The van der Waals surface area contributed by atoms with Crippen molar-refractivity contribution in [1.29, 1.82) is 0 Å². The third-order valence-electron chi connectivity index (χ3n) is 2.82. The highest BCUT2D eigenvalue weighted by molar-refractivity contribution is 9.10. The maximum Gasteiger partial charge on any atom is 0.362 e. The Kier molecular flexibility index (Phi) is 3.27. The molecule has 0 amide bonds. The van der Waals surface area contributed by atoms with Gasteiger partial charge in [0.25, 0.3) is 0 Å². The molecule has 5 nitrogen and oxygen atoms in total. The van der Waals surface area contributed by atoms with E-state index in [2.05, 4.69) is 20.9 Å². The van der Waals surface area contributed by atoms with Crippen LogP contribution in [0.2, 0.25) is 0 Å². The van der Waals surface area contributed by atoms with Gasteiger partial charge in [-0.25, -0.2) is 4.98 Å². The summed E-state index contributed by atoms with van der Waals surface area (Å²) in [5.74, 6) is 0.464. The van der Waals surface area contributed by atoms with Gasteiger partial charge < -0.3 is 14.5 Å². The van der Waals surface area contributed by atoms with Crippen LogP contribution in [-0.2, 0) is 11.0 Å². The summed E-state index contributed by atoms with van der Waals surface area (Å²) < 4.78 is 17.1. The van der Waals surface area contributed by atoms with Crippen molar-refractivity contribution in [2.75, 3.05) is 6.35 Å². The number of thiazole rings is 1. The SMILES string of the molecule is O=P(O)(O)COc1ccc(Br)c2c1-c1ncsc1C2. The summed E-state index contributed by atoms with van der Waals surface area (Å²) in [5, 5.41) is 0. The first-order valence-electron chi connectivity index (χ1n) is 5.37. The minimum Gasteiger partial charge on any atom is -0.480 e. The van der Waals surface area contributed by atoms with Crippen LogP contribution in [0.4, 0.5) is 0 Å². The first-order chi connectivity index (χ1) is 8.96. The minimum atomic E-state index is -4.19. The molecule has 8 heteroatoms. The summed E-state index contributed by atoms with van der Waals surface area (Å²) in [4.78, 5) is 23.3. The van der Waals surface area contributed by atoms with Gasteiger partial charge in [0.05, 0.1) is 11.2 Å². The molecule has 2 aromatic rings. The zero-order valence-electron chi connectivity index (χ0n) is 9.54. The molecule has 0 spiro atoms. The van der Waals surface area contributed by atoms with E-state index in [-0.39, 0.29) is 0 Å². The van der Waals surface area contributed by atoms with Gasteiger partial charge in [-0.2, -0.15) is 0 Å². The average molecular weight is 362 g/mol. The van der Waals surface area contributed by atoms with E-state index >= 15 is 0 Å². The molecule has 1 aliphatic carbocycles. The molecule has 0 fully saturated rings. The molecular formula is C11H9BrNO4PS. The summed E-state index contributed by atoms with van der Waals surface area (Å²) in [7, 11) is -4.19. The fraction of sp³-hybridized carbons (Fsp3) is 0.182. The van der Waals surface area contributed by atoms with E-state index in [1.54, 1.807) is 22.9 Å². The van der Waals surface area contributed by atoms with Gasteiger partial charge in [-0.1, -0.05) is 15.9 Å². The summed E-state index contributed by atoms with van der Waals surface area (Å²) in [5.41, 5.74) is 4.50. The third kappa shape index (κ3) is 2.49. The highest BCUT2D eigenvalue weighted by atomic mass is 79.9. The van der Waals surface area contributed by atoms with Gasteiger partial charge in [-0.15, -0.1) is 11.3 Å². The summed E-state index contributed by atoms with van der Waals surface area (Å²) >= 11 is 5.05. The second-order valence-corrected chi connectivity index (χ2v) is 7.52. The molecular weight excluding hydrogens is 353 g/mol. The fourth-order valence-electron chi connectivity index (χ4n) is 2.07. The Labute approximate surface area is 121 Å². The van der Waals surface area contributed by atoms with Crippen LogP contribution in [0.1, 0.15) is 10.4 Å². The normalized spacial score (nSPS) is 13.2. The largest absolute Gasteiger partial charge is 0.480 e. The molecule has 0 atom stereocenters. The first kappa shape index (κ1) is 13.3. The predicted molar refractivity (Wildman–Crippen MR) is 75.6 cm³/mol. The van der Waals surface area contributed by atoms with Gasteiger partial charge in [0.15, 0.2) is 6.35 Å². The van der Waals surface area contributed by atoms with Crippen LogP contribution in [0.25, 0.3) is 11.3 Å². The average Bonchev–Trinajstić information content (AvgIpc) is 2.88. The Balaban J connectivity index is 2.05. The zero-order chi connectivity index (χ0) is 13.6. The van der Waals surface area contributed by atoms with Crippen molar-refractivity contribution in [3.05, 3.63) is 32.6 Å². The molecule has 100 valence electrons. The molecule has 0 bridgehead atoms. The monoisotopic (exact) mass is 361 g/mol. The van der Waals surface area contributed by atoms with Crippen LogP contribution in [0, 0.1) is 0 Å². The number of hydrogen-bond acceptors (Lipinski definition) is 4. The van der Waals surface area contributed by atoms with E-state index in [1.807, 2.05) is 6.07 Å². The van der Waals surface area contributed by atoms with Crippen LogP contribution in [0.5, 0.6) is 5.75 Å². The van der Waals surface area contributed by atoms with E-state index in [9.17, 15) is 4.57 Å². The van der Waals surface area contributed by atoms with Gasteiger partial charge >= 0.3 is 7.60 Å². The molecule has 0 saturated carbocycles. The van der Waals surface area contributed by atoms with Gasteiger partial charge in [0, 0.05) is 21.3 Å². The van der Waals surface area contributed by atoms with Crippen molar-refractivity contribution in [3.63, 3.8) is 0 Å². The lowest BCUT2D eigenvalue weighted by Crippen LogP contribution is -2.00. The Morgan fingerprint density at radius 1 is 1.47 bits per heavy atom. The standard InChI is InChI=1S/C11H9BrNO4PS/c12-7-1-2-8(17-5-18(14,15)16)10-6(7)3-9-11(10)13-4-19-9/h1-2,4H,3,5H2,(H2,14,15,16). The van der Waals surface area contributed by atoms with E-state index in [0.29, 0.717) is 5.75 Å². The van der Waals surface area contributed by atoms with Crippen molar-refractivity contribution >= 4 is 34.9 Å². The molecule has 19 heavy (non-hydrogen) atoms. The zero-order valence-corrected chi connectivity index (χ0v) is 12.8. The molecule has 1 heterocycles. The number of nitrogens with zero attached hydrogens (tertiary/aromatic N) is 1. The van der Waals surface area contributed by atoms with E-state index in [0.717, 1.165) is 32.6 Å². The second kappa shape index (κ2) is 4.68. The van der Waals surface area contributed by atoms with Crippen molar-refractivity contribution in [2.45, 2.75) is 6.42 Å². The number of hydrogen-bond donors (Lipinski definition) is 2. The highest BCUT2D eigenvalue weighted by Gasteiger charge is 2.28. The Morgan fingerprint density at radius 3 is 3.00 bits per heavy atom. The van der Waals surface area contributed by atoms with Crippen LogP contribution >= 0.6 is 34.9 Å². The number of rotatable bonds is 3. The molecule has 1 aromatic carbocycles. The van der Waals surface area contributed by atoms with Crippen molar-refractivity contribution in [2.24, 2.45) is 0 Å². The van der Waals surface area contributed by atoms with Crippen LogP contribution < -0.4 is 4.74 Å². The lowest BCUT2D eigenvalue weighted by Gasteiger charge is -2.12. The molecule has 3 rings (SSSR count). The first-order valence-corrected chi connectivity index (χ1v) is 8.84. The minimum absolute atomic E-state index is 0.464. The van der Waals surface area contributed by atoms with Crippen LogP contribution in [-0.4, -0.2) is 21.1 Å². The lowest BCUT2D eigenvalue weighted by atomic mass is 10.1. The fourth-order valence-corrected chi connectivity index (χ4v) is 3.62. The summed E-state index contributed by atoms with van der Waals surface area (Å²) in [6.45, 7) is 0. The maximum absolute atomic E-state index is 10.9. The topological polar surface area (TPSA) is 79.7 Å². The van der Waals surface area contributed by atoms with E-state index in [4.69, 9.17) is 14.5 Å².